The van der Waals surface area contributed by atoms with Gasteiger partial charge in [0.05, 0.1) is 11.8 Å². The molecule has 106 valence electrons. The third kappa shape index (κ3) is 3.22. The fourth-order valence-electron chi connectivity index (χ4n) is 2.29. The molecule has 0 aliphatic carbocycles. The minimum atomic E-state index is -0.450. The van der Waals surface area contributed by atoms with E-state index in [9.17, 15) is 5.11 Å². The molecule has 0 unspecified atom stereocenters. The molecule has 0 heterocycles. The van der Waals surface area contributed by atoms with Crippen LogP contribution in [-0.4, -0.2) is 11.7 Å². The number of aryl methyl sites for hydroxylation is 1. The predicted molar refractivity (Wildman–Crippen MR) is 88.6 cm³/mol. The predicted octanol–water partition coefficient (Wildman–Crippen LogP) is 4.97. The summed E-state index contributed by atoms with van der Waals surface area (Å²) in [7, 11) is 0. The lowest BCUT2D eigenvalue weighted by Gasteiger charge is -2.25. The number of aliphatic hydroxyl groups excluding tert-OH is 1. The molecule has 0 spiro atoms. The Morgan fingerprint density at radius 3 is 2.50 bits per heavy atom. The molecule has 0 saturated carbocycles. The maximum absolute atomic E-state index is 9.65. The third-order valence-corrected chi connectivity index (χ3v) is 4.01. The Labute approximate surface area is 129 Å². The molecule has 1 N–H and O–H groups in total. The molecule has 2 rings (SSSR count). The maximum Gasteiger partial charge on any atom is 0.0762 e. The molecule has 20 heavy (non-hydrogen) atoms. The topological polar surface area (TPSA) is 23.5 Å². The highest BCUT2D eigenvalue weighted by molar-refractivity contribution is 9.10. The van der Waals surface area contributed by atoms with Crippen molar-refractivity contribution in [3.05, 3.63) is 58.1 Å². The lowest BCUT2D eigenvalue weighted by atomic mass is 10.1. The Hall–Kier alpha value is -1.32. The third-order valence-electron chi connectivity index (χ3n) is 3.37. The molecule has 0 saturated heterocycles. The molecule has 0 aliphatic heterocycles. The highest BCUT2D eigenvalue weighted by Gasteiger charge is 2.12. The van der Waals surface area contributed by atoms with Crippen LogP contribution in [0.4, 0.5) is 11.4 Å². The zero-order valence-corrected chi connectivity index (χ0v) is 13.7. The number of benzene rings is 2. The van der Waals surface area contributed by atoms with Crippen molar-refractivity contribution in [3.8, 4) is 0 Å². The van der Waals surface area contributed by atoms with Crippen molar-refractivity contribution in [2.75, 3.05) is 11.4 Å². The van der Waals surface area contributed by atoms with Crippen LogP contribution in [0.5, 0.6) is 0 Å². The summed E-state index contributed by atoms with van der Waals surface area (Å²) in [5, 5.41) is 9.65. The van der Waals surface area contributed by atoms with Crippen LogP contribution >= 0.6 is 15.9 Å². The first-order chi connectivity index (χ1) is 9.52. The van der Waals surface area contributed by atoms with Crippen LogP contribution in [0.1, 0.15) is 31.1 Å². The van der Waals surface area contributed by atoms with Gasteiger partial charge in [-0.3, -0.25) is 0 Å². The molecule has 0 aromatic heterocycles. The van der Waals surface area contributed by atoms with Gasteiger partial charge in [-0.15, -0.1) is 0 Å². The van der Waals surface area contributed by atoms with Crippen LogP contribution in [0.2, 0.25) is 0 Å². The average molecular weight is 334 g/mol. The second-order valence-corrected chi connectivity index (χ2v) is 5.82. The molecule has 0 amide bonds. The van der Waals surface area contributed by atoms with Crippen LogP contribution in [0.3, 0.4) is 0 Å². The number of halogens is 1. The minimum Gasteiger partial charge on any atom is -0.389 e. The van der Waals surface area contributed by atoms with Crippen molar-refractivity contribution < 1.29 is 5.11 Å². The lowest BCUT2D eigenvalue weighted by molar-refractivity contribution is 0.199. The van der Waals surface area contributed by atoms with E-state index in [1.165, 1.54) is 11.3 Å². The largest absolute Gasteiger partial charge is 0.389 e. The number of hydrogen-bond acceptors (Lipinski definition) is 2. The van der Waals surface area contributed by atoms with E-state index in [1.54, 1.807) is 6.92 Å². The van der Waals surface area contributed by atoms with Crippen molar-refractivity contribution in [2.45, 2.75) is 26.9 Å². The molecule has 2 nitrogen and oxygen atoms in total. The number of aliphatic hydroxyl groups is 1. The monoisotopic (exact) mass is 333 g/mol. The smallest absolute Gasteiger partial charge is 0.0762 e. The zero-order valence-electron chi connectivity index (χ0n) is 12.1. The number of nitrogens with zero attached hydrogens (tertiary/aromatic N) is 1. The van der Waals surface area contributed by atoms with Crippen LogP contribution in [0, 0.1) is 6.92 Å². The summed E-state index contributed by atoms with van der Waals surface area (Å²) in [4.78, 5) is 2.25. The van der Waals surface area contributed by atoms with Gasteiger partial charge in [0.1, 0.15) is 0 Å². The van der Waals surface area contributed by atoms with E-state index in [0.29, 0.717) is 0 Å². The standard InChI is InChI=1S/C17H20BrNO/c1-4-19(15-7-5-6-12(2)10-15)17-9-8-14(13(3)20)11-16(17)18/h5-11,13,20H,4H2,1-3H3/t13-/m1/s1. The SMILES string of the molecule is CCN(c1cccc(C)c1)c1ccc([C@@H](C)O)cc1Br. The Balaban J connectivity index is 2.42. The summed E-state index contributed by atoms with van der Waals surface area (Å²) in [5.41, 5.74) is 4.46. The van der Waals surface area contributed by atoms with Crippen LogP contribution in [0.15, 0.2) is 46.9 Å². The van der Waals surface area contributed by atoms with Crippen molar-refractivity contribution in [2.24, 2.45) is 0 Å². The molecular weight excluding hydrogens is 314 g/mol. The van der Waals surface area contributed by atoms with Crippen molar-refractivity contribution in [3.63, 3.8) is 0 Å². The summed E-state index contributed by atoms with van der Waals surface area (Å²) >= 11 is 3.62. The van der Waals surface area contributed by atoms with Gasteiger partial charge in [-0.25, -0.2) is 0 Å². The van der Waals surface area contributed by atoms with Gasteiger partial charge in [0.25, 0.3) is 0 Å². The van der Waals surface area contributed by atoms with Gasteiger partial charge in [-0.05, 0) is 72.1 Å². The summed E-state index contributed by atoms with van der Waals surface area (Å²) in [5.74, 6) is 0. The van der Waals surface area contributed by atoms with E-state index in [0.717, 1.165) is 22.3 Å². The van der Waals surface area contributed by atoms with E-state index < -0.39 is 6.10 Å². The molecule has 0 fully saturated rings. The molecule has 1 atom stereocenters. The normalized spacial score (nSPS) is 12.2. The number of hydrogen-bond donors (Lipinski definition) is 1. The number of anilines is 2. The molecule has 0 bridgehead atoms. The fourth-order valence-corrected chi connectivity index (χ4v) is 2.90. The van der Waals surface area contributed by atoms with Crippen molar-refractivity contribution in [1.29, 1.82) is 0 Å². The first-order valence-electron chi connectivity index (χ1n) is 6.84. The van der Waals surface area contributed by atoms with E-state index in [-0.39, 0.29) is 0 Å². The number of rotatable bonds is 4. The Morgan fingerprint density at radius 1 is 1.20 bits per heavy atom. The molecule has 0 radical (unpaired) electrons. The van der Waals surface area contributed by atoms with Crippen molar-refractivity contribution >= 4 is 27.3 Å². The molecule has 2 aromatic carbocycles. The summed E-state index contributed by atoms with van der Waals surface area (Å²) in [6.45, 7) is 6.90. The zero-order chi connectivity index (χ0) is 14.7. The average Bonchev–Trinajstić information content (AvgIpc) is 2.41. The van der Waals surface area contributed by atoms with E-state index >= 15 is 0 Å². The lowest BCUT2D eigenvalue weighted by Crippen LogP contribution is -2.16. The Morgan fingerprint density at radius 2 is 1.95 bits per heavy atom. The van der Waals surface area contributed by atoms with Crippen LogP contribution in [0.25, 0.3) is 0 Å². The quantitative estimate of drug-likeness (QED) is 0.853. The van der Waals surface area contributed by atoms with Gasteiger partial charge in [0, 0.05) is 16.7 Å². The van der Waals surface area contributed by atoms with Gasteiger partial charge >= 0.3 is 0 Å². The Kier molecular flexibility index (Phi) is 4.84. The van der Waals surface area contributed by atoms with E-state index in [2.05, 4.69) is 65.0 Å². The van der Waals surface area contributed by atoms with Crippen molar-refractivity contribution in [1.82, 2.24) is 0 Å². The van der Waals surface area contributed by atoms with Gasteiger partial charge in [0.15, 0.2) is 0 Å². The molecule has 2 aromatic rings. The maximum atomic E-state index is 9.65. The highest BCUT2D eigenvalue weighted by atomic mass is 79.9. The fraction of sp³-hybridized carbons (Fsp3) is 0.294. The summed E-state index contributed by atoms with van der Waals surface area (Å²) < 4.78 is 0.999. The van der Waals surface area contributed by atoms with E-state index in [1.807, 2.05) is 12.1 Å². The second-order valence-electron chi connectivity index (χ2n) is 4.97. The molecule has 3 heteroatoms. The van der Waals surface area contributed by atoms with Gasteiger partial charge < -0.3 is 10.0 Å². The van der Waals surface area contributed by atoms with Gasteiger partial charge in [0.2, 0.25) is 0 Å². The second kappa shape index (κ2) is 6.42. The molecule has 0 aliphatic rings. The summed E-state index contributed by atoms with van der Waals surface area (Å²) in [6.07, 6.45) is -0.450. The Bertz CT molecular complexity index is 595. The molecular formula is C17H20BrNO. The first kappa shape index (κ1) is 15.1. The van der Waals surface area contributed by atoms with Gasteiger partial charge in [-0.1, -0.05) is 18.2 Å². The van der Waals surface area contributed by atoms with Gasteiger partial charge in [-0.2, -0.15) is 0 Å². The van der Waals surface area contributed by atoms with Crippen LogP contribution < -0.4 is 4.90 Å². The first-order valence-corrected chi connectivity index (χ1v) is 7.64. The highest BCUT2D eigenvalue weighted by Crippen LogP contribution is 2.34. The summed E-state index contributed by atoms with van der Waals surface area (Å²) in [6, 6.07) is 14.5. The van der Waals surface area contributed by atoms with E-state index in [4.69, 9.17) is 0 Å². The minimum absolute atomic E-state index is 0.450. The van der Waals surface area contributed by atoms with Crippen LogP contribution in [-0.2, 0) is 0 Å².